The van der Waals surface area contributed by atoms with Crippen LogP contribution in [0.15, 0.2) is 108 Å². The highest BCUT2D eigenvalue weighted by Gasteiger charge is 2.08. The van der Waals surface area contributed by atoms with Gasteiger partial charge in [-0.1, -0.05) is 77.8 Å². The molecule has 0 bridgehead atoms. The van der Waals surface area contributed by atoms with Gasteiger partial charge in [0.1, 0.15) is 12.4 Å². The lowest BCUT2D eigenvalue weighted by molar-refractivity contribution is 0.306. The van der Waals surface area contributed by atoms with Crippen LogP contribution < -0.4 is 20.8 Å². The van der Waals surface area contributed by atoms with E-state index in [1.54, 1.807) is 18.3 Å². The number of nitrogens with one attached hydrogen (secondary N) is 3. The van der Waals surface area contributed by atoms with Crippen molar-refractivity contribution < 1.29 is 4.74 Å². The van der Waals surface area contributed by atoms with Crippen LogP contribution >= 0.6 is 23.2 Å². The molecule has 39 heavy (non-hydrogen) atoms. The third kappa shape index (κ3) is 7.67. The zero-order chi connectivity index (χ0) is 26.9. The summed E-state index contributed by atoms with van der Waals surface area (Å²) in [7, 11) is 0. The second-order valence-electron chi connectivity index (χ2n) is 8.26. The summed E-state index contributed by atoms with van der Waals surface area (Å²) in [6.45, 7) is 0.314. The summed E-state index contributed by atoms with van der Waals surface area (Å²) in [5.74, 6) is 1.67. The second-order valence-corrected chi connectivity index (χ2v) is 9.10. The van der Waals surface area contributed by atoms with Crippen molar-refractivity contribution in [1.29, 1.82) is 0 Å². The van der Waals surface area contributed by atoms with Crippen LogP contribution in [0.3, 0.4) is 0 Å². The van der Waals surface area contributed by atoms with E-state index in [0.29, 0.717) is 34.3 Å². The number of halogens is 2. The summed E-state index contributed by atoms with van der Waals surface area (Å²) in [6.07, 6.45) is 1.65. The van der Waals surface area contributed by atoms with Crippen LogP contribution in [-0.2, 0) is 6.61 Å². The van der Waals surface area contributed by atoms with E-state index < -0.39 is 0 Å². The maximum Gasteiger partial charge on any atom is 0.250 e. The Labute approximate surface area is 235 Å². The molecule has 0 saturated carbocycles. The molecule has 1 aromatic heterocycles. The van der Waals surface area contributed by atoms with Gasteiger partial charge in [0.25, 0.3) is 0 Å². The molecule has 0 saturated heterocycles. The van der Waals surface area contributed by atoms with Crippen LogP contribution in [-0.4, -0.2) is 21.2 Å². The summed E-state index contributed by atoms with van der Waals surface area (Å²) in [5, 5.41) is 11.8. The number of anilines is 5. The zero-order valence-corrected chi connectivity index (χ0v) is 22.1. The van der Waals surface area contributed by atoms with Crippen molar-refractivity contribution in [2.75, 3.05) is 16.1 Å². The molecule has 0 aliphatic carbocycles. The predicted octanol–water partition coefficient (Wildman–Crippen LogP) is 7.69. The minimum atomic E-state index is 0.267. The van der Waals surface area contributed by atoms with Crippen molar-refractivity contribution >= 4 is 58.6 Å². The Morgan fingerprint density at radius 2 is 1.33 bits per heavy atom. The van der Waals surface area contributed by atoms with E-state index in [-0.39, 0.29) is 5.95 Å². The quantitative estimate of drug-likeness (QED) is 0.120. The van der Waals surface area contributed by atoms with Gasteiger partial charge in [0, 0.05) is 27.0 Å². The zero-order valence-electron chi connectivity index (χ0n) is 20.6. The molecule has 8 nitrogen and oxygen atoms in total. The molecular formula is C29H23Cl2N7O. The van der Waals surface area contributed by atoms with Gasteiger partial charge in [0.15, 0.2) is 0 Å². The number of hydrazone groups is 1. The molecule has 0 fully saturated rings. The Hall–Kier alpha value is -4.66. The van der Waals surface area contributed by atoms with Crippen LogP contribution in [0.2, 0.25) is 10.0 Å². The fourth-order valence-electron chi connectivity index (χ4n) is 3.49. The minimum Gasteiger partial charge on any atom is -0.489 e. The van der Waals surface area contributed by atoms with Gasteiger partial charge >= 0.3 is 0 Å². The largest absolute Gasteiger partial charge is 0.489 e. The summed E-state index contributed by atoms with van der Waals surface area (Å²) in [4.78, 5) is 13.4. The van der Waals surface area contributed by atoms with E-state index in [4.69, 9.17) is 27.9 Å². The summed E-state index contributed by atoms with van der Waals surface area (Å²) in [5.41, 5.74) is 6.25. The summed E-state index contributed by atoms with van der Waals surface area (Å²) in [6, 6.07) is 32.1. The lowest BCUT2D eigenvalue weighted by Crippen LogP contribution is -2.07. The van der Waals surface area contributed by atoms with Gasteiger partial charge in [-0.25, -0.2) is 5.43 Å². The van der Waals surface area contributed by atoms with Gasteiger partial charge in [-0.3, -0.25) is 0 Å². The molecule has 0 radical (unpaired) electrons. The number of para-hydroxylation sites is 2. The molecule has 1 heterocycles. The van der Waals surface area contributed by atoms with E-state index in [2.05, 4.69) is 36.1 Å². The molecule has 0 aliphatic heterocycles. The first-order chi connectivity index (χ1) is 19.1. The van der Waals surface area contributed by atoms with Crippen molar-refractivity contribution in [1.82, 2.24) is 15.0 Å². The molecule has 5 aromatic rings. The van der Waals surface area contributed by atoms with Gasteiger partial charge < -0.3 is 15.4 Å². The van der Waals surface area contributed by atoms with Gasteiger partial charge in [0.2, 0.25) is 17.8 Å². The molecule has 5 rings (SSSR count). The fourth-order valence-corrected chi connectivity index (χ4v) is 3.95. The van der Waals surface area contributed by atoms with Gasteiger partial charge in [-0.05, 0) is 54.1 Å². The van der Waals surface area contributed by atoms with E-state index >= 15 is 0 Å². The Morgan fingerprint density at radius 1 is 0.692 bits per heavy atom. The summed E-state index contributed by atoms with van der Waals surface area (Å²) >= 11 is 12.2. The van der Waals surface area contributed by atoms with E-state index in [9.17, 15) is 0 Å². The van der Waals surface area contributed by atoms with Crippen molar-refractivity contribution in [3.63, 3.8) is 0 Å². The number of hydrogen-bond acceptors (Lipinski definition) is 8. The number of nitrogens with zero attached hydrogens (tertiary/aromatic N) is 4. The molecule has 0 unspecified atom stereocenters. The second kappa shape index (κ2) is 12.7. The Bertz CT molecular complexity index is 1510. The van der Waals surface area contributed by atoms with Crippen LogP contribution in [0.5, 0.6) is 5.75 Å². The standard InChI is InChI=1S/C29H23Cl2N7O/c30-22-15-14-21(26(31)17-22)19-39-25-13-7-8-20(16-25)18-32-38-29-36-27(33-23-9-3-1-4-10-23)35-28(37-29)34-24-11-5-2-6-12-24/h1-18H,19H2,(H3,33,34,35,36,37,38). The van der Waals surface area contributed by atoms with E-state index in [1.165, 1.54) is 0 Å². The Morgan fingerprint density at radius 3 is 1.97 bits per heavy atom. The maximum atomic E-state index is 6.25. The highest BCUT2D eigenvalue weighted by atomic mass is 35.5. The van der Waals surface area contributed by atoms with Crippen molar-refractivity contribution in [2.45, 2.75) is 6.61 Å². The van der Waals surface area contributed by atoms with Crippen molar-refractivity contribution in [2.24, 2.45) is 5.10 Å². The SMILES string of the molecule is Clc1ccc(COc2cccc(C=NNc3nc(Nc4ccccc4)nc(Nc4ccccc4)n3)c2)c(Cl)c1. The average molecular weight is 556 g/mol. The normalized spacial score (nSPS) is 10.8. The number of ether oxygens (including phenoxy) is 1. The molecule has 10 heteroatoms. The molecule has 0 aliphatic rings. The molecular weight excluding hydrogens is 533 g/mol. The average Bonchev–Trinajstić information content (AvgIpc) is 2.94. The van der Waals surface area contributed by atoms with Crippen molar-refractivity contribution in [3.05, 3.63) is 124 Å². The fraction of sp³-hybridized carbons (Fsp3) is 0.0345. The monoisotopic (exact) mass is 555 g/mol. The summed E-state index contributed by atoms with van der Waals surface area (Å²) < 4.78 is 5.90. The first-order valence-electron chi connectivity index (χ1n) is 12.0. The van der Waals surface area contributed by atoms with Gasteiger partial charge in [-0.15, -0.1) is 0 Å². The smallest absolute Gasteiger partial charge is 0.250 e. The third-order valence-electron chi connectivity index (χ3n) is 5.34. The molecule has 0 atom stereocenters. The predicted molar refractivity (Wildman–Crippen MR) is 158 cm³/mol. The van der Waals surface area contributed by atoms with Crippen molar-refractivity contribution in [3.8, 4) is 5.75 Å². The maximum absolute atomic E-state index is 6.25. The molecule has 0 spiro atoms. The topological polar surface area (TPSA) is 96.4 Å². The molecule has 0 amide bonds. The highest BCUT2D eigenvalue weighted by molar-refractivity contribution is 6.35. The van der Waals surface area contributed by atoms with Gasteiger partial charge in [0.05, 0.1) is 6.21 Å². The lowest BCUT2D eigenvalue weighted by Gasteiger charge is -2.10. The Balaban J connectivity index is 1.29. The van der Waals surface area contributed by atoms with E-state index in [0.717, 1.165) is 22.5 Å². The number of aromatic nitrogens is 3. The van der Waals surface area contributed by atoms with E-state index in [1.807, 2.05) is 91.0 Å². The minimum absolute atomic E-state index is 0.267. The number of benzene rings is 4. The molecule has 4 aromatic carbocycles. The van der Waals surface area contributed by atoms with Crippen LogP contribution in [0.25, 0.3) is 0 Å². The first kappa shape index (κ1) is 26.0. The number of hydrogen-bond donors (Lipinski definition) is 3. The lowest BCUT2D eigenvalue weighted by atomic mass is 10.2. The van der Waals surface area contributed by atoms with Crippen LogP contribution in [0, 0.1) is 0 Å². The third-order valence-corrected chi connectivity index (χ3v) is 5.93. The van der Waals surface area contributed by atoms with Crippen LogP contribution in [0.4, 0.5) is 29.2 Å². The van der Waals surface area contributed by atoms with Crippen LogP contribution in [0.1, 0.15) is 11.1 Å². The van der Waals surface area contributed by atoms with Gasteiger partial charge in [-0.2, -0.15) is 20.1 Å². The molecule has 194 valence electrons. The molecule has 3 N–H and O–H groups in total. The Kier molecular flexibility index (Phi) is 8.48. The highest BCUT2D eigenvalue weighted by Crippen LogP contribution is 2.23. The first-order valence-corrected chi connectivity index (χ1v) is 12.7. The number of rotatable bonds is 10.